The average molecular weight is 424 g/mol. The first-order chi connectivity index (χ1) is 12.9. The minimum Gasteiger partial charge on any atom is -0.495 e. The number of hydrogen-bond acceptors (Lipinski definition) is 6. The first kappa shape index (κ1) is 19.1. The van der Waals surface area contributed by atoms with E-state index >= 15 is 0 Å². The van der Waals surface area contributed by atoms with Crippen molar-refractivity contribution < 1.29 is 14.5 Å². The summed E-state index contributed by atoms with van der Waals surface area (Å²) in [5, 5.41) is 16.0. The third-order valence-corrected chi connectivity index (χ3v) is 5.84. The molecule has 138 valence electrons. The minimum absolute atomic E-state index is 0.116. The Kier molecular flexibility index (Phi) is 5.59. The molecule has 0 aliphatic heterocycles. The molecule has 0 atom stereocenters. The van der Waals surface area contributed by atoms with Crippen molar-refractivity contribution >= 4 is 62.4 Å². The molecule has 0 aliphatic rings. The number of para-hydroxylation sites is 1. The molecule has 3 rings (SSSR count). The molecule has 10 heteroatoms. The predicted molar refractivity (Wildman–Crippen MR) is 107 cm³/mol. The molecule has 1 amide bonds. The van der Waals surface area contributed by atoms with Crippen molar-refractivity contribution in [1.29, 1.82) is 0 Å². The maximum atomic E-state index is 12.4. The van der Waals surface area contributed by atoms with Crippen LogP contribution in [0.5, 0.6) is 5.75 Å². The summed E-state index contributed by atoms with van der Waals surface area (Å²) in [6, 6.07) is 9.43. The predicted octanol–water partition coefficient (Wildman–Crippen LogP) is 4.89. The van der Waals surface area contributed by atoms with E-state index in [0.717, 1.165) is 11.3 Å². The minimum atomic E-state index is -0.550. The van der Waals surface area contributed by atoms with Crippen LogP contribution in [0, 0.1) is 10.1 Å². The molecular weight excluding hydrogens is 413 g/mol. The number of hydrazone groups is 1. The summed E-state index contributed by atoms with van der Waals surface area (Å²) < 4.78 is 5.78. The highest BCUT2D eigenvalue weighted by atomic mass is 35.5. The van der Waals surface area contributed by atoms with E-state index in [0.29, 0.717) is 20.9 Å². The maximum absolute atomic E-state index is 12.4. The zero-order valence-electron chi connectivity index (χ0n) is 13.7. The van der Waals surface area contributed by atoms with E-state index in [4.69, 9.17) is 27.9 Å². The zero-order chi connectivity index (χ0) is 19.6. The van der Waals surface area contributed by atoms with E-state index < -0.39 is 10.8 Å². The summed E-state index contributed by atoms with van der Waals surface area (Å²) in [6.07, 6.45) is 1.20. The van der Waals surface area contributed by atoms with Gasteiger partial charge in [0, 0.05) is 11.5 Å². The fraction of sp³-hybridized carbons (Fsp3) is 0.0588. The molecule has 0 radical (unpaired) electrons. The summed E-state index contributed by atoms with van der Waals surface area (Å²) in [5.41, 5.74) is 2.47. The normalized spacial score (nSPS) is 11.1. The van der Waals surface area contributed by atoms with Crippen LogP contribution in [0.15, 0.2) is 41.5 Å². The van der Waals surface area contributed by atoms with Crippen LogP contribution in [-0.2, 0) is 0 Å². The third kappa shape index (κ3) is 3.73. The standard InChI is InChI=1S/C17H11Cl2N3O4S/c1-26-12-7-6-10-13(18)16(27-15(10)14(12)19)17(23)21-20-8-9-4-2-3-5-11(9)22(24)25/h2-8H,1H3,(H,21,23)/b20-8+. The lowest BCUT2D eigenvalue weighted by molar-refractivity contribution is -0.385. The number of benzene rings is 2. The molecule has 0 saturated carbocycles. The second-order valence-corrected chi connectivity index (χ2v) is 7.00. The van der Waals surface area contributed by atoms with E-state index in [2.05, 4.69) is 10.5 Å². The SMILES string of the molecule is COc1ccc2c(Cl)c(C(=O)N/N=C/c3ccccc3[N+](=O)[O-])sc2c1Cl. The molecule has 0 bridgehead atoms. The number of carbonyl (C=O) groups is 1. The number of fused-ring (bicyclic) bond motifs is 1. The Labute approximate surface area is 167 Å². The lowest BCUT2D eigenvalue weighted by Gasteiger charge is -2.02. The molecule has 7 nitrogen and oxygen atoms in total. The molecule has 0 unspecified atom stereocenters. The molecule has 1 heterocycles. The van der Waals surface area contributed by atoms with Crippen LogP contribution in [0.3, 0.4) is 0 Å². The topological polar surface area (TPSA) is 93.8 Å². The Morgan fingerprint density at radius 3 is 2.70 bits per heavy atom. The van der Waals surface area contributed by atoms with Crippen molar-refractivity contribution in [3.63, 3.8) is 0 Å². The van der Waals surface area contributed by atoms with Crippen LogP contribution in [-0.4, -0.2) is 24.2 Å². The largest absolute Gasteiger partial charge is 0.495 e. The summed E-state index contributed by atoms with van der Waals surface area (Å²) in [7, 11) is 1.49. The highest BCUT2D eigenvalue weighted by Gasteiger charge is 2.20. The van der Waals surface area contributed by atoms with E-state index in [-0.39, 0.29) is 21.2 Å². The Balaban J connectivity index is 1.86. The number of methoxy groups -OCH3 is 1. The number of nitro benzene ring substituents is 1. The van der Waals surface area contributed by atoms with Gasteiger partial charge in [-0.25, -0.2) is 5.43 Å². The summed E-state index contributed by atoms with van der Waals surface area (Å²) >= 11 is 13.7. The summed E-state index contributed by atoms with van der Waals surface area (Å²) in [4.78, 5) is 23.1. The molecule has 0 saturated heterocycles. The van der Waals surface area contributed by atoms with Crippen LogP contribution in [0.4, 0.5) is 5.69 Å². The Hall–Kier alpha value is -2.68. The van der Waals surface area contributed by atoms with Crippen molar-refractivity contribution in [1.82, 2.24) is 5.43 Å². The molecule has 0 aliphatic carbocycles. The van der Waals surface area contributed by atoms with Crippen LogP contribution in [0.25, 0.3) is 10.1 Å². The Morgan fingerprint density at radius 1 is 1.26 bits per heavy atom. The van der Waals surface area contributed by atoms with Gasteiger partial charge in [0.2, 0.25) is 0 Å². The van der Waals surface area contributed by atoms with Crippen molar-refractivity contribution in [2.75, 3.05) is 7.11 Å². The molecule has 3 aromatic rings. The van der Waals surface area contributed by atoms with Gasteiger partial charge in [0.25, 0.3) is 11.6 Å². The van der Waals surface area contributed by atoms with Crippen molar-refractivity contribution in [2.45, 2.75) is 0 Å². The van der Waals surface area contributed by atoms with E-state index in [9.17, 15) is 14.9 Å². The monoisotopic (exact) mass is 423 g/mol. The van der Waals surface area contributed by atoms with Gasteiger partial charge in [-0.2, -0.15) is 5.10 Å². The number of carbonyl (C=O) groups excluding carboxylic acids is 1. The summed E-state index contributed by atoms with van der Waals surface area (Å²) in [6.45, 7) is 0. The molecular formula is C17H11Cl2N3O4S. The van der Waals surface area contributed by atoms with Gasteiger partial charge < -0.3 is 4.74 Å². The number of nitrogens with zero attached hydrogens (tertiary/aromatic N) is 2. The molecule has 1 aromatic heterocycles. The van der Waals surface area contributed by atoms with Gasteiger partial charge in [-0.15, -0.1) is 11.3 Å². The van der Waals surface area contributed by atoms with Gasteiger partial charge in [0.15, 0.2) is 0 Å². The van der Waals surface area contributed by atoms with Crippen LogP contribution in [0.1, 0.15) is 15.2 Å². The van der Waals surface area contributed by atoms with E-state index in [1.165, 1.54) is 25.5 Å². The fourth-order valence-electron chi connectivity index (χ4n) is 2.36. The Morgan fingerprint density at radius 2 is 2.00 bits per heavy atom. The van der Waals surface area contributed by atoms with Crippen molar-refractivity contribution in [3.8, 4) is 5.75 Å². The van der Waals surface area contributed by atoms with E-state index in [1.54, 1.807) is 24.3 Å². The van der Waals surface area contributed by atoms with Gasteiger partial charge in [0.1, 0.15) is 15.6 Å². The van der Waals surface area contributed by atoms with Gasteiger partial charge in [-0.3, -0.25) is 14.9 Å². The number of thiophene rings is 1. The van der Waals surface area contributed by atoms with Crippen molar-refractivity contribution in [3.05, 3.63) is 67.0 Å². The van der Waals surface area contributed by atoms with Gasteiger partial charge in [-0.05, 0) is 18.2 Å². The van der Waals surface area contributed by atoms with Gasteiger partial charge in [0.05, 0.1) is 33.5 Å². The van der Waals surface area contributed by atoms with E-state index in [1.807, 2.05) is 0 Å². The van der Waals surface area contributed by atoms with Crippen LogP contribution >= 0.6 is 34.5 Å². The zero-order valence-corrected chi connectivity index (χ0v) is 16.1. The number of nitro groups is 1. The number of amides is 1. The van der Waals surface area contributed by atoms with Gasteiger partial charge in [-0.1, -0.05) is 35.3 Å². The van der Waals surface area contributed by atoms with Crippen molar-refractivity contribution in [2.24, 2.45) is 5.10 Å². The van der Waals surface area contributed by atoms with Crippen LogP contribution in [0.2, 0.25) is 10.0 Å². The number of nitrogens with one attached hydrogen (secondary N) is 1. The number of rotatable bonds is 5. The first-order valence-corrected chi connectivity index (χ1v) is 9.02. The fourth-order valence-corrected chi connectivity index (χ4v) is 4.14. The second kappa shape index (κ2) is 7.91. The highest BCUT2D eigenvalue weighted by Crippen LogP contribution is 2.42. The number of halogens is 2. The quantitative estimate of drug-likeness (QED) is 0.359. The molecule has 0 spiro atoms. The highest BCUT2D eigenvalue weighted by molar-refractivity contribution is 7.22. The number of hydrogen-bond donors (Lipinski definition) is 1. The smallest absolute Gasteiger partial charge is 0.283 e. The number of ether oxygens (including phenoxy) is 1. The second-order valence-electron chi connectivity index (χ2n) is 5.22. The first-order valence-electron chi connectivity index (χ1n) is 7.45. The lowest BCUT2D eigenvalue weighted by atomic mass is 10.2. The van der Waals surface area contributed by atoms with Gasteiger partial charge >= 0.3 is 0 Å². The molecule has 0 fully saturated rings. The van der Waals surface area contributed by atoms with Crippen LogP contribution < -0.4 is 10.2 Å². The Bertz CT molecular complexity index is 1080. The average Bonchev–Trinajstić information content (AvgIpc) is 3.00. The lowest BCUT2D eigenvalue weighted by Crippen LogP contribution is -2.16. The maximum Gasteiger partial charge on any atom is 0.283 e. The molecule has 27 heavy (non-hydrogen) atoms. The molecule has 1 N–H and O–H groups in total. The third-order valence-electron chi connectivity index (χ3n) is 3.63. The molecule has 2 aromatic carbocycles. The summed E-state index contributed by atoms with van der Waals surface area (Å²) in [5.74, 6) is -0.0745.